The second kappa shape index (κ2) is 5.67. The van der Waals surface area contributed by atoms with Crippen molar-refractivity contribution >= 4 is 16.6 Å². The first-order chi connectivity index (χ1) is 9.81. The molecule has 106 valence electrons. The topological polar surface area (TPSA) is 43.4 Å². The van der Waals surface area contributed by atoms with E-state index in [1.165, 1.54) is 0 Å². The minimum Gasteiger partial charge on any atom is -0.496 e. The van der Waals surface area contributed by atoms with Gasteiger partial charge in [0.1, 0.15) is 11.6 Å². The number of ether oxygens (including phenoxy) is 2. The molecule has 2 aromatic rings. The third-order valence-corrected chi connectivity index (χ3v) is 3.82. The van der Waals surface area contributed by atoms with Gasteiger partial charge in [-0.3, -0.25) is 0 Å². The fraction of sp³-hybridized carbons (Fsp3) is 0.438. The maximum Gasteiger partial charge on any atom is 0.134 e. The molecule has 0 unspecified atom stereocenters. The summed E-state index contributed by atoms with van der Waals surface area (Å²) in [6.45, 7) is 2.83. The molecule has 4 heteroatoms. The van der Waals surface area contributed by atoms with Crippen LogP contribution in [0.5, 0.6) is 5.75 Å². The third-order valence-electron chi connectivity index (χ3n) is 3.82. The Morgan fingerprint density at radius 2 is 2.10 bits per heavy atom. The van der Waals surface area contributed by atoms with Crippen molar-refractivity contribution in [3.63, 3.8) is 0 Å². The highest BCUT2D eigenvalue weighted by atomic mass is 16.5. The summed E-state index contributed by atoms with van der Waals surface area (Å²) in [6.07, 6.45) is 4.33. The van der Waals surface area contributed by atoms with E-state index < -0.39 is 0 Å². The lowest BCUT2D eigenvalue weighted by Gasteiger charge is -2.35. The Morgan fingerprint density at radius 3 is 2.85 bits per heavy atom. The number of benzene rings is 1. The second-order valence-corrected chi connectivity index (χ2v) is 5.10. The van der Waals surface area contributed by atoms with Gasteiger partial charge in [-0.25, -0.2) is 4.98 Å². The van der Waals surface area contributed by atoms with E-state index in [1.54, 1.807) is 7.11 Å². The number of nitrogens with zero attached hydrogens (tertiary/aromatic N) is 1. The first-order valence-corrected chi connectivity index (χ1v) is 7.11. The van der Waals surface area contributed by atoms with Crippen LogP contribution in [0.25, 0.3) is 10.8 Å². The Bertz CT molecular complexity index is 594. The number of hydrogen-bond acceptors (Lipinski definition) is 4. The molecule has 0 bridgehead atoms. The summed E-state index contributed by atoms with van der Waals surface area (Å²) in [5, 5.41) is 5.71. The van der Waals surface area contributed by atoms with Crippen molar-refractivity contribution in [1.82, 2.24) is 4.98 Å². The van der Waals surface area contributed by atoms with E-state index in [-0.39, 0.29) is 0 Å². The number of nitrogens with one attached hydrogen (secondary N) is 1. The van der Waals surface area contributed by atoms with Crippen molar-refractivity contribution in [1.29, 1.82) is 0 Å². The van der Waals surface area contributed by atoms with E-state index in [0.29, 0.717) is 12.1 Å². The SMILES string of the molecule is CCOC1CC(Nc2nccc3c(OC)cccc23)C1. The summed E-state index contributed by atoms with van der Waals surface area (Å²) in [6, 6.07) is 8.49. The van der Waals surface area contributed by atoms with Crippen LogP contribution < -0.4 is 10.1 Å². The standard InChI is InChI=1S/C16H20N2O2/c1-3-20-12-9-11(10-12)18-16-14-5-4-6-15(19-2)13(14)7-8-17-16/h4-8,11-12H,3,9-10H2,1-2H3,(H,17,18). The van der Waals surface area contributed by atoms with Crippen LogP contribution in [0.4, 0.5) is 5.82 Å². The molecule has 0 radical (unpaired) electrons. The molecule has 1 heterocycles. The Morgan fingerprint density at radius 1 is 1.25 bits per heavy atom. The highest BCUT2D eigenvalue weighted by Crippen LogP contribution is 2.32. The molecule has 0 saturated heterocycles. The van der Waals surface area contributed by atoms with Gasteiger partial charge in [0.15, 0.2) is 0 Å². The Kier molecular flexibility index (Phi) is 3.74. The maximum atomic E-state index is 5.59. The van der Waals surface area contributed by atoms with Crippen LogP contribution in [0.3, 0.4) is 0 Å². The molecule has 1 saturated carbocycles. The van der Waals surface area contributed by atoms with Gasteiger partial charge >= 0.3 is 0 Å². The van der Waals surface area contributed by atoms with Gasteiger partial charge in [0.25, 0.3) is 0 Å². The Labute approximate surface area is 119 Å². The molecule has 1 aromatic heterocycles. The van der Waals surface area contributed by atoms with Crippen molar-refractivity contribution in [2.45, 2.75) is 31.9 Å². The molecule has 1 fully saturated rings. The van der Waals surface area contributed by atoms with E-state index >= 15 is 0 Å². The predicted octanol–water partition coefficient (Wildman–Crippen LogP) is 3.22. The molecule has 0 amide bonds. The van der Waals surface area contributed by atoms with Gasteiger partial charge in [-0.2, -0.15) is 0 Å². The summed E-state index contributed by atoms with van der Waals surface area (Å²) >= 11 is 0. The molecule has 0 spiro atoms. The van der Waals surface area contributed by atoms with Crippen LogP contribution in [-0.2, 0) is 4.74 Å². The van der Waals surface area contributed by atoms with Crippen molar-refractivity contribution < 1.29 is 9.47 Å². The zero-order valence-electron chi connectivity index (χ0n) is 11.9. The summed E-state index contributed by atoms with van der Waals surface area (Å²) in [5.74, 6) is 1.81. The van der Waals surface area contributed by atoms with Crippen molar-refractivity contribution in [3.05, 3.63) is 30.5 Å². The number of anilines is 1. The Balaban J connectivity index is 1.79. The van der Waals surface area contributed by atoms with Crippen LogP contribution in [-0.4, -0.2) is 30.8 Å². The maximum absolute atomic E-state index is 5.59. The van der Waals surface area contributed by atoms with Crippen molar-refractivity contribution in [3.8, 4) is 5.75 Å². The monoisotopic (exact) mass is 272 g/mol. The molecular formula is C16H20N2O2. The molecular weight excluding hydrogens is 252 g/mol. The number of methoxy groups -OCH3 is 1. The second-order valence-electron chi connectivity index (χ2n) is 5.10. The number of hydrogen-bond donors (Lipinski definition) is 1. The zero-order chi connectivity index (χ0) is 13.9. The summed E-state index contributed by atoms with van der Waals surface area (Å²) in [4.78, 5) is 4.47. The van der Waals surface area contributed by atoms with Crippen LogP contribution in [0.2, 0.25) is 0 Å². The molecule has 3 rings (SSSR count). The van der Waals surface area contributed by atoms with Gasteiger partial charge in [0.05, 0.1) is 13.2 Å². The van der Waals surface area contributed by atoms with E-state index in [1.807, 2.05) is 31.3 Å². The summed E-state index contributed by atoms with van der Waals surface area (Å²) in [7, 11) is 1.70. The smallest absolute Gasteiger partial charge is 0.134 e. The Hall–Kier alpha value is -1.81. The van der Waals surface area contributed by atoms with Crippen LogP contribution in [0.1, 0.15) is 19.8 Å². The zero-order valence-corrected chi connectivity index (χ0v) is 11.9. The molecule has 1 aliphatic carbocycles. The fourth-order valence-corrected chi connectivity index (χ4v) is 2.72. The normalized spacial score (nSPS) is 21.5. The largest absolute Gasteiger partial charge is 0.496 e. The van der Waals surface area contributed by atoms with Gasteiger partial charge in [-0.05, 0) is 31.9 Å². The van der Waals surface area contributed by atoms with Crippen LogP contribution >= 0.6 is 0 Å². The number of pyridine rings is 1. The quantitative estimate of drug-likeness (QED) is 0.907. The van der Waals surface area contributed by atoms with Gasteiger partial charge in [-0.15, -0.1) is 0 Å². The summed E-state index contributed by atoms with van der Waals surface area (Å²) < 4.78 is 11.0. The minimum atomic E-state index is 0.405. The summed E-state index contributed by atoms with van der Waals surface area (Å²) in [5.41, 5.74) is 0. The molecule has 20 heavy (non-hydrogen) atoms. The predicted molar refractivity (Wildman–Crippen MR) is 80.4 cm³/mol. The van der Waals surface area contributed by atoms with Crippen molar-refractivity contribution in [2.24, 2.45) is 0 Å². The number of aromatic nitrogens is 1. The number of rotatable bonds is 5. The highest BCUT2D eigenvalue weighted by molar-refractivity contribution is 5.95. The van der Waals surface area contributed by atoms with E-state index in [4.69, 9.17) is 9.47 Å². The van der Waals surface area contributed by atoms with Gasteiger partial charge in [0, 0.05) is 29.6 Å². The lowest BCUT2D eigenvalue weighted by atomic mass is 9.89. The first-order valence-electron chi connectivity index (χ1n) is 7.11. The molecule has 1 N–H and O–H groups in total. The van der Waals surface area contributed by atoms with E-state index in [0.717, 1.165) is 41.8 Å². The van der Waals surface area contributed by atoms with Crippen LogP contribution in [0.15, 0.2) is 30.5 Å². The van der Waals surface area contributed by atoms with Gasteiger partial charge in [0.2, 0.25) is 0 Å². The van der Waals surface area contributed by atoms with Crippen LogP contribution in [0, 0.1) is 0 Å². The van der Waals surface area contributed by atoms with Crippen molar-refractivity contribution in [2.75, 3.05) is 19.0 Å². The lowest BCUT2D eigenvalue weighted by molar-refractivity contribution is 0.00295. The van der Waals surface area contributed by atoms with Gasteiger partial charge < -0.3 is 14.8 Å². The molecule has 1 aromatic carbocycles. The fourth-order valence-electron chi connectivity index (χ4n) is 2.72. The minimum absolute atomic E-state index is 0.405. The molecule has 4 nitrogen and oxygen atoms in total. The average molecular weight is 272 g/mol. The van der Waals surface area contributed by atoms with Gasteiger partial charge in [-0.1, -0.05) is 12.1 Å². The molecule has 0 atom stereocenters. The van der Waals surface area contributed by atoms with E-state index in [2.05, 4.69) is 16.4 Å². The average Bonchev–Trinajstić information content (AvgIpc) is 2.44. The van der Waals surface area contributed by atoms with E-state index in [9.17, 15) is 0 Å². The molecule has 0 aliphatic heterocycles. The highest BCUT2D eigenvalue weighted by Gasteiger charge is 2.29. The lowest BCUT2D eigenvalue weighted by Crippen LogP contribution is -2.41. The molecule has 1 aliphatic rings. The number of fused-ring (bicyclic) bond motifs is 1. The first kappa shape index (κ1) is 13.2. The third kappa shape index (κ3) is 2.43.